The minimum absolute atomic E-state index is 0.000310. The average molecular weight is 565 g/mol. The Hall–Kier alpha value is -4.22. The van der Waals surface area contributed by atoms with Crippen molar-refractivity contribution in [1.82, 2.24) is 0 Å². The Labute approximate surface area is 229 Å². The van der Waals surface area contributed by atoms with E-state index >= 15 is 0 Å². The van der Waals surface area contributed by atoms with Crippen molar-refractivity contribution in [2.45, 2.75) is 52.0 Å². The number of halogens is 3. The first-order chi connectivity index (χ1) is 18.7. The minimum Gasteiger partial charge on any atom is -0.487 e. The summed E-state index contributed by atoms with van der Waals surface area (Å²) in [5, 5.41) is 2.25. The average Bonchev–Trinajstić information content (AvgIpc) is 3.22. The van der Waals surface area contributed by atoms with Gasteiger partial charge in [0.2, 0.25) is 0 Å². The first-order valence-corrected chi connectivity index (χ1v) is 12.3. The van der Waals surface area contributed by atoms with E-state index in [1.165, 1.54) is 24.0 Å². The molecule has 1 aliphatic rings. The maximum absolute atomic E-state index is 13.9. The van der Waals surface area contributed by atoms with Gasteiger partial charge in [-0.2, -0.15) is 13.2 Å². The Balaban J connectivity index is 2.12. The zero-order valence-corrected chi connectivity index (χ0v) is 22.8. The molecule has 3 rings (SSSR count). The van der Waals surface area contributed by atoms with Crippen molar-refractivity contribution < 1.29 is 46.5 Å². The number of alkyl halides is 3. The first-order valence-electron chi connectivity index (χ1n) is 12.3. The third kappa shape index (κ3) is 8.14. The molecule has 2 aromatic rings. The normalized spacial score (nSPS) is 15.2. The molecule has 1 amide bonds. The van der Waals surface area contributed by atoms with Crippen molar-refractivity contribution >= 4 is 29.4 Å². The molecule has 9 nitrogen and oxygen atoms in total. The molecule has 0 radical (unpaired) electrons. The van der Waals surface area contributed by atoms with Gasteiger partial charge in [0.25, 0.3) is 0 Å². The smallest absolute Gasteiger partial charge is 0.431 e. The number of hydrogen-bond donors (Lipinski definition) is 1. The molecular weight excluding hydrogens is 533 g/mol. The van der Waals surface area contributed by atoms with E-state index < -0.39 is 41.4 Å². The Morgan fingerprint density at radius 1 is 1.10 bits per heavy atom. The predicted octanol–water partition coefficient (Wildman–Crippen LogP) is 5.70. The molecule has 1 atom stereocenters. The molecule has 0 aromatic heterocycles. The molecule has 216 valence electrons. The summed E-state index contributed by atoms with van der Waals surface area (Å²) in [5.74, 6) is -2.37. The second-order valence-electron chi connectivity index (χ2n) is 9.98. The lowest BCUT2D eigenvalue weighted by Crippen LogP contribution is -2.36. The third-order valence-electron chi connectivity index (χ3n) is 5.64. The fourth-order valence-electron chi connectivity index (χ4n) is 3.88. The molecule has 0 aliphatic carbocycles. The van der Waals surface area contributed by atoms with E-state index in [2.05, 4.69) is 10.1 Å². The summed E-state index contributed by atoms with van der Waals surface area (Å²) in [5.41, 5.74) is -0.846. The SMILES string of the molecule is COC(=O)C=C(Nc1cc2c(cc1OCc1ccccc1)N(C(=O)OC(C)(C)C)C[C@H]2COC(C)=O)C(F)(F)F. The molecule has 0 bridgehead atoms. The highest BCUT2D eigenvalue weighted by atomic mass is 19.4. The lowest BCUT2D eigenvalue weighted by molar-refractivity contribution is -0.141. The van der Waals surface area contributed by atoms with Crippen LogP contribution in [0.4, 0.5) is 29.3 Å². The van der Waals surface area contributed by atoms with Crippen LogP contribution < -0.4 is 15.0 Å². The molecule has 0 saturated carbocycles. The molecule has 0 spiro atoms. The van der Waals surface area contributed by atoms with Crippen LogP contribution in [-0.4, -0.2) is 50.1 Å². The van der Waals surface area contributed by atoms with Gasteiger partial charge in [0.15, 0.2) is 0 Å². The molecule has 0 saturated heterocycles. The van der Waals surface area contributed by atoms with Crippen LogP contribution in [0.3, 0.4) is 0 Å². The molecule has 0 fully saturated rings. The third-order valence-corrected chi connectivity index (χ3v) is 5.64. The van der Waals surface area contributed by atoms with Crippen LogP contribution in [0.2, 0.25) is 0 Å². The number of nitrogens with zero attached hydrogens (tertiary/aromatic N) is 1. The number of benzene rings is 2. The van der Waals surface area contributed by atoms with E-state index in [0.29, 0.717) is 11.3 Å². The number of carbonyl (C=O) groups is 3. The van der Waals surface area contributed by atoms with Crippen molar-refractivity contribution in [2.75, 3.05) is 30.5 Å². The number of ether oxygens (including phenoxy) is 4. The second kappa shape index (κ2) is 12.3. The van der Waals surface area contributed by atoms with Crippen LogP contribution in [0, 0.1) is 0 Å². The van der Waals surface area contributed by atoms with Crippen LogP contribution >= 0.6 is 0 Å². The van der Waals surface area contributed by atoms with Gasteiger partial charge in [0.05, 0.1) is 31.2 Å². The largest absolute Gasteiger partial charge is 0.487 e. The summed E-state index contributed by atoms with van der Waals surface area (Å²) < 4.78 is 62.6. The molecule has 1 aliphatic heterocycles. The fraction of sp³-hybridized carbons (Fsp3) is 0.393. The van der Waals surface area contributed by atoms with Crippen LogP contribution in [-0.2, 0) is 30.4 Å². The van der Waals surface area contributed by atoms with Crippen LogP contribution in [0.25, 0.3) is 0 Å². The minimum atomic E-state index is -4.94. The summed E-state index contributed by atoms with van der Waals surface area (Å²) in [4.78, 5) is 37.6. The van der Waals surface area contributed by atoms with Crippen molar-refractivity contribution in [3.8, 4) is 5.75 Å². The monoisotopic (exact) mass is 564 g/mol. The van der Waals surface area contributed by atoms with E-state index in [4.69, 9.17) is 14.2 Å². The van der Waals surface area contributed by atoms with Gasteiger partial charge in [-0.3, -0.25) is 9.69 Å². The summed E-state index contributed by atoms with van der Waals surface area (Å²) in [6.45, 7) is 6.24. The summed E-state index contributed by atoms with van der Waals surface area (Å²) in [6.07, 6.45) is -5.34. The number of fused-ring (bicyclic) bond motifs is 1. The Kier molecular flexibility index (Phi) is 9.33. The number of amides is 1. The van der Waals surface area contributed by atoms with Gasteiger partial charge in [-0.1, -0.05) is 30.3 Å². The van der Waals surface area contributed by atoms with E-state index in [1.54, 1.807) is 51.1 Å². The van der Waals surface area contributed by atoms with Gasteiger partial charge < -0.3 is 24.3 Å². The quantitative estimate of drug-likeness (QED) is 0.248. The number of nitrogens with one attached hydrogen (secondary N) is 1. The molecule has 1 N–H and O–H groups in total. The Morgan fingerprint density at radius 3 is 2.35 bits per heavy atom. The van der Waals surface area contributed by atoms with E-state index in [0.717, 1.165) is 12.7 Å². The molecule has 0 unspecified atom stereocenters. The van der Waals surface area contributed by atoms with Gasteiger partial charge in [0.1, 0.15) is 23.7 Å². The molecule has 1 heterocycles. The molecular formula is C28H31F3N2O7. The fourth-order valence-corrected chi connectivity index (χ4v) is 3.88. The number of methoxy groups -OCH3 is 1. The number of hydrogen-bond acceptors (Lipinski definition) is 8. The van der Waals surface area contributed by atoms with Crippen molar-refractivity contribution in [1.29, 1.82) is 0 Å². The van der Waals surface area contributed by atoms with Gasteiger partial charge in [-0.25, -0.2) is 9.59 Å². The van der Waals surface area contributed by atoms with Gasteiger partial charge >= 0.3 is 24.2 Å². The Morgan fingerprint density at radius 2 is 1.77 bits per heavy atom. The number of carbonyl (C=O) groups excluding carboxylic acids is 3. The highest BCUT2D eigenvalue weighted by Gasteiger charge is 2.39. The van der Waals surface area contributed by atoms with E-state index in [1.807, 2.05) is 0 Å². The second-order valence-corrected chi connectivity index (χ2v) is 9.98. The molecule has 2 aromatic carbocycles. The van der Waals surface area contributed by atoms with Gasteiger partial charge in [-0.05, 0) is 38.0 Å². The maximum Gasteiger partial charge on any atom is 0.431 e. The summed E-state index contributed by atoms with van der Waals surface area (Å²) in [7, 11) is 0.960. The van der Waals surface area contributed by atoms with Gasteiger partial charge in [-0.15, -0.1) is 0 Å². The first kappa shape index (κ1) is 30.3. The predicted molar refractivity (Wildman–Crippen MR) is 140 cm³/mol. The van der Waals surface area contributed by atoms with Crippen LogP contribution in [0.5, 0.6) is 5.75 Å². The highest BCUT2D eigenvalue weighted by Crippen LogP contribution is 2.44. The van der Waals surface area contributed by atoms with Crippen molar-refractivity contribution in [3.63, 3.8) is 0 Å². The number of esters is 2. The zero-order valence-electron chi connectivity index (χ0n) is 22.8. The summed E-state index contributed by atoms with van der Waals surface area (Å²) >= 11 is 0. The lowest BCUT2D eigenvalue weighted by atomic mass is 10.0. The Bertz CT molecular complexity index is 1270. The number of anilines is 2. The lowest BCUT2D eigenvalue weighted by Gasteiger charge is -2.25. The number of allylic oxidation sites excluding steroid dienone is 1. The van der Waals surface area contributed by atoms with Crippen molar-refractivity contribution in [2.24, 2.45) is 0 Å². The van der Waals surface area contributed by atoms with E-state index in [-0.39, 0.29) is 37.3 Å². The highest BCUT2D eigenvalue weighted by molar-refractivity contribution is 5.93. The van der Waals surface area contributed by atoms with E-state index in [9.17, 15) is 27.6 Å². The van der Waals surface area contributed by atoms with Gasteiger partial charge in [0, 0.05) is 25.5 Å². The van der Waals surface area contributed by atoms with Crippen molar-refractivity contribution in [3.05, 3.63) is 65.4 Å². The summed E-state index contributed by atoms with van der Waals surface area (Å²) in [6, 6.07) is 11.7. The van der Waals surface area contributed by atoms with Crippen LogP contribution in [0.15, 0.2) is 54.2 Å². The number of rotatable bonds is 8. The molecule has 12 heteroatoms. The maximum atomic E-state index is 13.9. The molecule has 40 heavy (non-hydrogen) atoms. The van der Waals surface area contributed by atoms with Crippen LogP contribution in [0.1, 0.15) is 44.7 Å². The topological polar surface area (TPSA) is 103 Å². The standard InChI is InChI=1S/C28H31F3N2O7/c1-17(34)38-16-19-14-33(26(36)40-27(2,3)4)22-12-23(39-15-18-9-7-6-8-10-18)21(11-20(19)22)32-24(28(29,30)31)13-25(35)37-5/h6-13,19,32H,14-16H2,1-5H3/t19-/m0/s1. The zero-order chi connectivity index (χ0) is 29.7.